The van der Waals surface area contributed by atoms with Gasteiger partial charge in [0.1, 0.15) is 0 Å². The van der Waals surface area contributed by atoms with Crippen LogP contribution >= 0.6 is 6.89 Å². The SMILES string of the molecule is CN=S(=C=P(c1ccc(C)cc1)(c1ccc(C)cc1)c1ccc(C)cc1)(c1ccccc1)c1ccccc1. The van der Waals surface area contributed by atoms with Gasteiger partial charge in [0, 0.05) is 23.7 Å². The average molecular weight is 532 g/mol. The van der Waals surface area contributed by atoms with Crippen molar-refractivity contribution in [2.45, 2.75) is 30.6 Å². The van der Waals surface area contributed by atoms with Crippen LogP contribution in [0.1, 0.15) is 16.7 Å². The van der Waals surface area contributed by atoms with Crippen molar-refractivity contribution in [3.05, 3.63) is 150 Å². The molecule has 0 unspecified atom stereocenters. The molecular formula is C35H34NPS. The molecule has 0 radical (unpaired) electrons. The molecule has 3 heteroatoms. The summed E-state index contributed by atoms with van der Waals surface area (Å²) in [6.45, 7) is 4.07. The van der Waals surface area contributed by atoms with E-state index in [1.54, 1.807) is 0 Å². The Morgan fingerprint density at radius 3 is 1.08 bits per heavy atom. The number of rotatable bonds is 5. The first-order valence-electron chi connectivity index (χ1n) is 12.9. The molecule has 5 aromatic rings. The van der Waals surface area contributed by atoms with E-state index in [2.05, 4.69) is 159 Å². The van der Waals surface area contributed by atoms with Crippen molar-refractivity contribution in [3.8, 4) is 0 Å². The maximum atomic E-state index is 5.27. The van der Waals surface area contributed by atoms with Gasteiger partial charge in [-0.05, 0) is 70.4 Å². The van der Waals surface area contributed by atoms with Crippen LogP contribution in [-0.2, 0) is 9.41 Å². The third-order valence-corrected chi connectivity index (χ3v) is 14.8. The van der Waals surface area contributed by atoms with E-state index in [0.29, 0.717) is 0 Å². The number of hydrogen-bond acceptors (Lipinski definition) is 1. The van der Waals surface area contributed by atoms with Crippen molar-refractivity contribution in [3.63, 3.8) is 0 Å². The van der Waals surface area contributed by atoms with Gasteiger partial charge in [-0.2, -0.15) is 0 Å². The topological polar surface area (TPSA) is 12.4 Å². The first-order chi connectivity index (χ1) is 18.5. The highest BCUT2D eigenvalue weighted by Crippen LogP contribution is 2.44. The van der Waals surface area contributed by atoms with Gasteiger partial charge in [-0.3, -0.25) is 4.36 Å². The van der Waals surface area contributed by atoms with Crippen molar-refractivity contribution in [2.24, 2.45) is 4.36 Å². The smallest absolute Gasteiger partial charge is 0.0355 e. The quantitative estimate of drug-likeness (QED) is 0.163. The van der Waals surface area contributed by atoms with Crippen LogP contribution in [0.5, 0.6) is 0 Å². The summed E-state index contributed by atoms with van der Waals surface area (Å²) in [6, 6.07) is 48.8. The van der Waals surface area contributed by atoms with Crippen molar-refractivity contribution in [2.75, 3.05) is 7.05 Å². The molecule has 0 atom stereocenters. The van der Waals surface area contributed by atoms with Crippen molar-refractivity contribution in [1.82, 2.24) is 0 Å². The summed E-state index contributed by atoms with van der Waals surface area (Å²) in [5.74, 6) is 0. The van der Waals surface area contributed by atoms with Gasteiger partial charge in [0.2, 0.25) is 0 Å². The maximum absolute atomic E-state index is 5.27. The summed E-state index contributed by atoms with van der Waals surface area (Å²) >= 11 is 0. The van der Waals surface area contributed by atoms with Crippen LogP contribution < -0.4 is 15.9 Å². The summed E-state index contributed by atoms with van der Waals surface area (Å²) in [4.78, 5) is 2.40. The Kier molecular flexibility index (Phi) is 7.59. The Bertz CT molecular complexity index is 1560. The molecule has 0 amide bonds. The summed E-state index contributed by atoms with van der Waals surface area (Å²) in [6.07, 6.45) is 0. The number of hydrogen-bond donors (Lipinski definition) is 0. The van der Waals surface area contributed by atoms with Crippen LogP contribution in [0.2, 0.25) is 0 Å². The van der Waals surface area contributed by atoms with E-state index in [0.717, 1.165) is 0 Å². The molecule has 0 fully saturated rings. The fourth-order valence-corrected chi connectivity index (χ4v) is 13.3. The Hall–Kier alpha value is -3.54. The molecule has 0 aromatic heterocycles. The summed E-state index contributed by atoms with van der Waals surface area (Å²) in [5, 5.41) is 3.88. The first-order valence-corrected chi connectivity index (χ1v) is 16.3. The Balaban J connectivity index is 2.16. The van der Waals surface area contributed by atoms with E-state index in [1.165, 1.54) is 42.4 Å². The number of aryl methyl sites for hydroxylation is 3. The molecule has 0 aliphatic carbocycles. The minimum absolute atomic E-state index is 1.20. The lowest BCUT2D eigenvalue weighted by molar-refractivity contribution is 1.35. The van der Waals surface area contributed by atoms with E-state index in [4.69, 9.17) is 4.36 Å². The van der Waals surface area contributed by atoms with Crippen LogP contribution in [0.25, 0.3) is 0 Å². The third-order valence-electron chi connectivity index (χ3n) is 6.98. The Morgan fingerprint density at radius 1 is 0.474 bits per heavy atom. The van der Waals surface area contributed by atoms with Crippen LogP contribution in [0.3, 0.4) is 0 Å². The molecule has 0 aliphatic heterocycles. The van der Waals surface area contributed by atoms with E-state index >= 15 is 0 Å². The predicted octanol–water partition coefficient (Wildman–Crippen LogP) is 7.63. The van der Waals surface area contributed by atoms with E-state index in [-0.39, 0.29) is 0 Å². The van der Waals surface area contributed by atoms with Crippen LogP contribution in [0, 0.1) is 20.8 Å². The van der Waals surface area contributed by atoms with E-state index < -0.39 is 16.3 Å². The lowest BCUT2D eigenvalue weighted by Gasteiger charge is -2.28. The molecule has 5 rings (SSSR count). The van der Waals surface area contributed by atoms with Gasteiger partial charge in [-0.25, -0.2) is 0 Å². The van der Waals surface area contributed by atoms with E-state index in [1.807, 2.05) is 7.05 Å². The van der Waals surface area contributed by atoms with Crippen molar-refractivity contribution < 1.29 is 0 Å². The molecule has 0 N–H and O–H groups in total. The molecule has 0 bridgehead atoms. The van der Waals surface area contributed by atoms with Crippen LogP contribution in [0.15, 0.2) is 148 Å². The molecule has 0 saturated carbocycles. The second kappa shape index (κ2) is 11.1. The molecule has 190 valence electrons. The minimum atomic E-state index is -2.39. The summed E-state index contributed by atoms with van der Waals surface area (Å²) < 4.78 is 9.67. The van der Waals surface area contributed by atoms with Crippen LogP contribution in [-0.4, -0.2) is 11.8 Å². The van der Waals surface area contributed by atoms with Gasteiger partial charge < -0.3 is 0 Å². The molecular weight excluding hydrogens is 497 g/mol. The highest BCUT2D eigenvalue weighted by Gasteiger charge is 2.27. The van der Waals surface area contributed by atoms with Crippen LogP contribution in [0.4, 0.5) is 0 Å². The number of nitrogens with zero attached hydrogens (tertiary/aromatic N) is 1. The predicted molar refractivity (Wildman–Crippen MR) is 169 cm³/mol. The molecule has 38 heavy (non-hydrogen) atoms. The highest BCUT2D eigenvalue weighted by molar-refractivity contribution is 8.12. The lowest BCUT2D eigenvalue weighted by Crippen LogP contribution is -2.27. The number of benzene rings is 5. The van der Waals surface area contributed by atoms with Gasteiger partial charge >= 0.3 is 0 Å². The van der Waals surface area contributed by atoms with E-state index in [9.17, 15) is 0 Å². The van der Waals surface area contributed by atoms with Crippen molar-refractivity contribution in [1.29, 1.82) is 0 Å². The molecule has 5 aromatic carbocycles. The first kappa shape index (κ1) is 26.1. The average Bonchev–Trinajstić information content (AvgIpc) is 2.97. The monoisotopic (exact) mass is 531 g/mol. The minimum Gasteiger partial charge on any atom is -0.258 e. The zero-order chi connectivity index (χ0) is 26.6. The third kappa shape index (κ3) is 4.84. The lowest BCUT2D eigenvalue weighted by atomic mass is 10.2. The molecule has 1 nitrogen and oxygen atoms in total. The Morgan fingerprint density at radius 2 is 0.789 bits per heavy atom. The van der Waals surface area contributed by atoms with Crippen molar-refractivity contribution >= 4 is 37.0 Å². The van der Waals surface area contributed by atoms with Gasteiger partial charge in [0.25, 0.3) is 0 Å². The second-order valence-corrected chi connectivity index (χ2v) is 15.7. The standard InChI is InChI=1S/C35H34NPS/c1-28-15-21-31(22-16-28)37(32-23-17-29(2)18-24-32,33-25-19-30(3)20-26-33)27-38(36-4,34-11-7-5-8-12-34)35-13-9-6-10-14-35/h5-26H,1-4H3. The fourth-order valence-electron chi connectivity index (χ4n) is 4.84. The normalized spacial score (nSPS) is 11.6. The summed E-state index contributed by atoms with van der Waals surface area (Å²) in [5.41, 5.74) is 3.76. The molecule has 0 saturated heterocycles. The van der Waals surface area contributed by atoms with Gasteiger partial charge in [-0.15, -0.1) is 0 Å². The molecule has 0 spiro atoms. The zero-order valence-corrected chi connectivity index (χ0v) is 24.2. The van der Waals surface area contributed by atoms with Gasteiger partial charge in [0.05, 0.1) is 0 Å². The maximum Gasteiger partial charge on any atom is 0.0355 e. The second-order valence-electron chi connectivity index (χ2n) is 9.66. The largest absolute Gasteiger partial charge is 0.258 e. The van der Waals surface area contributed by atoms with Gasteiger partial charge in [0.15, 0.2) is 0 Å². The Labute approximate surface area is 228 Å². The summed E-state index contributed by atoms with van der Waals surface area (Å²) in [7, 11) is -0.0312. The molecule has 0 aliphatic rings. The van der Waals surface area contributed by atoms with Gasteiger partial charge in [-0.1, -0.05) is 131 Å². The highest BCUT2D eigenvalue weighted by atomic mass is 32.2. The molecule has 0 heterocycles. The zero-order valence-electron chi connectivity index (χ0n) is 22.5. The fraction of sp³-hybridized carbons (Fsp3) is 0.114.